The average molecular weight is 945 g/mol. The second-order valence-electron chi connectivity index (χ2n) is 20.3. The van der Waals surface area contributed by atoms with E-state index in [9.17, 15) is 22.4 Å². The van der Waals surface area contributed by atoms with Crippen molar-refractivity contribution in [3.05, 3.63) is 89.8 Å². The van der Waals surface area contributed by atoms with Crippen LogP contribution in [0.3, 0.4) is 0 Å². The zero-order valence-corrected chi connectivity index (χ0v) is 40.2. The molecule has 13 nitrogen and oxygen atoms in total. The van der Waals surface area contributed by atoms with Gasteiger partial charge < -0.3 is 29.3 Å². The zero-order valence-electron chi connectivity index (χ0n) is 39.4. The fourth-order valence-corrected chi connectivity index (χ4v) is 14.2. The van der Waals surface area contributed by atoms with Crippen molar-refractivity contribution in [2.75, 3.05) is 90.5 Å². The van der Waals surface area contributed by atoms with Gasteiger partial charge in [0.25, 0.3) is 0 Å². The first kappa shape index (κ1) is 47.7. The van der Waals surface area contributed by atoms with Gasteiger partial charge in [-0.15, -0.1) is 0 Å². The third kappa shape index (κ3) is 10.3. The highest BCUT2D eigenvalue weighted by atomic mass is 32.2. The lowest BCUT2D eigenvalue weighted by Crippen LogP contribution is -2.56. The second-order valence-corrected chi connectivity index (χ2v) is 22.5. The van der Waals surface area contributed by atoms with Crippen LogP contribution in [0.2, 0.25) is 0 Å². The Hall–Kier alpha value is -4.38. The summed E-state index contributed by atoms with van der Waals surface area (Å²) in [4.78, 5) is 41.4. The summed E-state index contributed by atoms with van der Waals surface area (Å²) in [6.07, 6.45) is 15.0. The van der Waals surface area contributed by atoms with E-state index in [2.05, 4.69) is 42.6 Å². The number of ether oxygens (including phenoxy) is 1. The summed E-state index contributed by atoms with van der Waals surface area (Å²) in [6.45, 7) is 11.3. The van der Waals surface area contributed by atoms with Gasteiger partial charge in [0, 0.05) is 113 Å². The zero-order chi connectivity index (χ0) is 46.7. The number of piperidine rings is 2. The SMILES string of the molecule is CCc1nccn1C[C@@](c1cccc(F)c1)(C1CCN(CC2CN(c3ccc(S(=O)(=O)C4CN(C(=O)/C=C/CN5CCCCC5)C4)c(CN4CC(F)C4)c3)C2)CC1)[C@H]1CCC[C@@H]1NC(=O)OC. The number of halogens is 2. The van der Waals surface area contributed by atoms with E-state index in [1.54, 1.807) is 23.1 Å². The second kappa shape index (κ2) is 20.7. The summed E-state index contributed by atoms with van der Waals surface area (Å²) in [5, 5.41) is 2.51. The largest absolute Gasteiger partial charge is 0.453 e. The Morgan fingerprint density at radius 1 is 0.910 bits per heavy atom. The van der Waals surface area contributed by atoms with Gasteiger partial charge in [0.1, 0.15) is 23.1 Å². The number of methoxy groups -OCH3 is 1. The molecule has 1 N–H and O–H groups in total. The number of nitrogens with zero attached hydrogens (tertiary/aromatic N) is 7. The number of hydrogen-bond acceptors (Lipinski definition) is 10. The molecule has 3 aromatic rings. The predicted molar refractivity (Wildman–Crippen MR) is 255 cm³/mol. The molecule has 1 saturated carbocycles. The van der Waals surface area contributed by atoms with Crippen LogP contribution in [-0.2, 0) is 44.3 Å². The number of alkyl halides is 1. The molecule has 364 valence electrons. The summed E-state index contributed by atoms with van der Waals surface area (Å²) in [7, 11) is -2.33. The van der Waals surface area contributed by atoms with Crippen LogP contribution in [0.15, 0.2) is 71.9 Å². The molecular weight excluding hydrogens is 875 g/mol. The lowest BCUT2D eigenvalue weighted by Gasteiger charge is -2.51. The van der Waals surface area contributed by atoms with Gasteiger partial charge in [-0.1, -0.05) is 38.0 Å². The normalized spacial score (nSPS) is 24.1. The molecule has 9 rings (SSSR count). The predicted octanol–water partition coefficient (Wildman–Crippen LogP) is 6.08. The summed E-state index contributed by atoms with van der Waals surface area (Å²) in [5.41, 5.74) is 2.18. The number of benzene rings is 2. The number of rotatable bonds is 17. The van der Waals surface area contributed by atoms with Crippen LogP contribution in [0.5, 0.6) is 0 Å². The summed E-state index contributed by atoms with van der Waals surface area (Å²) < 4.78 is 64.9. The Balaban J connectivity index is 0.851. The Morgan fingerprint density at radius 3 is 2.40 bits per heavy atom. The van der Waals surface area contributed by atoms with Crippen molar-refractivity contribution in [2.24, 2.45) is 17.8 Å². The van der Waals surface area contributed by atoms with Crippen molar-refractivity contribution in [2.45, 2.75) is 106 Å². The van der Waals surface area contributed by atoms with Gasteiger partial charge in [0.05, 0.1) is 12.0 Å². The van der Waals surface area contributed by atoms with Crippen LogP contribution in [0.25, 0.3) is 0 Å². The maximum Gasteiger partial charge on any atom is 0.407 e. The summed E-state index contributed by atoms with van der Waals surface area (Å²) >= 11 is 0. The first-order chi connectivity index (χ1) is 32.4. The molecule has 6 fully saturated rings. The van der Waals surface area contributed by atoms with Crippen LogP contribution >= 0.6 is 0 Å². The fraction of sp³-hybridized carbons (Fsp3) is 0.627. The maximum atomic E-state index is 15.3. The standard InChI is InChI=1S/C51H70F2N8O5S/c1-3-48-54-19-25-59(48)36-51(40-10-7-11-41(52)27-40,45-12-8-13-46(45)55-50(63)66-2)39-17-23-57(24-18-39)28-37-29-60(30-37)43-15-16-47(38(26-43)31-58-32-42(53)33-58)67(64,65)44-34-61(35-44)49(62)14-9-22-56-20-5-4-6-21-56/h7,9-11,14-16,19,25-27,37,39,42,44-46H,3-6,8,12-13,17-18,20-24,28-36H2,1-2H3,(H,55,63)/b14-9+/t45-,46-,51-/m0/s1. The van der Waals surface area contributed by atoms with Crippen molar-refractivity contribution >= 4 is 27.5 Å². The van der Waals surface area contributed by atoms with Gasteiger partial charge in [0.2, 0.25) is 5.91 Å². The Bertz CT molecular complexity index is 2330. The Kier molecular flexibility index (Phi) is 14.7. The number of aryl methyl sites for hydroxylation is 1. The average Bonchev–Trinajstić information content (AvgIpc) is 3.95. The van der Waals surface area contributed by atoms with Crippen molar-refractivity contribution < 1.29 is 31.5 Å². The minimum Gasteiger partial charge on any atom is -0.453 e. The number of amides is 2. The third-order valence-corrected chi connectivity index (χ3v) is 18.2. The number of hydrogen-bond donors (Lipinski definition) is 1. The number of aromatic nitrogens is 2. The highest BCUT2D eigenvalue weighted by molar-refractivity contribution is 7.92. The van der Waals surface area contributed by atoms with E-state index in [0.29, 0.717) is 37.7 Å². The number of alkyl carbamates (subject to hydrolysis) is 1. The van der Waals surface area contributed by atoms with Gasteiger partial charge in [-0.25, -0.2) is 27.0 Å². The van der Waals surface area contributed by atoms with E-state index in [-0.39, 0.29) is 47.6 Å². The topological polar surface area (TPSA) is 124 Å². The van der Waals surface area contributed by atoms with Gasteiger partial charge >= 0.3 is 6.09 Å². The Labute approximate surface area is 395 Å². The molecule has 6 aliphatic rings. The molecule has 0 bridgehead atoms. The molecule has 2 aromatic carbocycles. The molecule has 2 amide bonds. The van der Waals surface area contributed by atoms with E-state index >= 15 is 4.39 Å². The lowest BCUT2D eigenvalue weighted by atomic mass is 9.58. The van der Waals surface area contributed by atoms with Crippen molar-refractivity contribution in [3.63, 3.8) is 0 Å². The third-order valence-electron chi connectivity index (χ3n) is 16.1. The monoisotopic (exact) mass is 945 g/mol. The van der Waals surface area contributed by atoms with Gasteiger partial charge in [0.15, 0.2) is 9.84 Å². The number of sulfone groups is 1. The van der Waals surface area contributed by atoms with E-state index < -0.39 is 32.8 Å². The molecule has 0 spiro atoms. The van der Waals surface area contributed by atoms with Crippen LogP contribution in [0.4, 0.5) is 19.3 Å². The number of likely N-dealkylation sites (tertiary alicyclic amines) is 4. The quantitative estimate of drug-likeness (QED) is 0.160. The van der Waals surface area contributed by atoms with E-state index in [4.69, 9.17) is 4.74 Å². The molecule has 1 aliphatic carbocycles. The molecule has 5 aliphatic heterocycles. The molecule has 3 atom stereocenters. The molecule has 67 heavy (non-hydrogen) atoms. The molecule has 6 heterocycles. The molecular formula is C51H70F2N8O5S. The number of nitrogens with one attached hydrogen (secondary N) is 1. The molecule has 0 radical (unpaired) electrons. The van der Waals surface area contributed by atoms with Crippen LogP contribution in [-0.4, -0.2) is 153 Å². The number of anilines is 1. The van der Waals surface area contributed by atoms with Crippen LogP contribution in [0.1, 0.15) is 75.2 Å². The van der Waals surface area contributed by atoms with E-state index in [0.717, 1.165) is 108 Å². The molecule has 0 unspecified atom stereocenters. The van der Waals surface area contributed by atoms with Crippen molar-refractivity contribution in [1.82, 2.24) is 34.5 Å². The van der Waals surface area contributed by atoms with Crippen molar-refractivity contribution in [1.29, 1.82) is 0 Å². The maximum absolute atomic E-state index is 15.3. The molecule has 5 saturated heterocycles. The minimum atomic E-state index is -3.73. The highest BCUT2D eigenvalue weighted by Gasteiger charge is 2.53. The van der Waals surface area contributed by atoms with E-state index in [1.165, 1.54) is 32.4 Å². The lowest BCUT2D eigenvalue weighted by molar-refractivity contribution is -0.129. The Morgan fingerprint density at radius 2 is 1.69 bits per heavy atom. The van der Waals surface area contributed by atoms with Crippen LogP contribution in [0, 0.1) is 23.6 Å². The molecule has 1 aromatic heterocycles. The van der Waals surface area contributed by atoms with Gasteiger partial charge in [-0.05, 0) is 118 Å². The van der Waals surface area contributed by atoms with E-state index in [1.807, 2.05) is 41.6 Å². The van der Waals surface area contributed by atoms with Gasteiger partial charge in [-0.2, -0.15) is 0 Å². The first-order valence-corrected chi connectivity index (χ1v) is 26.5. The number of imidazole rings is 1. The van der Waals surface area contributed by atoms with Gasteiger partial charge in [-0.3, -0.25) is 14.6 Å². The number of carbonyl (C=O) groups excluding carboxylic acids is 2. The first-order valence-electron chi connectivity index (χ1n) is 24.9. The molecule has 16 heteroatoms. The van der Waals surface area contributed by atoms with Crippen molar-refractivity contribution in [3.8, 4) is 0 Å². The smallest absolute Gasteiger partial charge is 0.407 e. The van der Waals surface area contributed by atoms with Crippen LogP contribution < -0.4 is 10.2 Å². The summed E-state index contributed by atoms with van der Waals surface area (Å²) in [6, 6.07) is 12.7. The number of carbonyl (C=O) groups is 2. The summed E-state index contributed by atoms with van der Waals surface area (Å²) in [5.74, 6) is 1.32. The highest BCUT2D eigenvalue weighted by Crippen LogP contribution is 2.52. The minimum absolute atomic E-state index is 0.0668. The fourth-order valence-electron chi connectivity index (χ4n) is 12.4.